The van der Waals surface area contributed by atoms with Crippen LogP contribution in [0.4, 0.5) is 0 Å². The van der Waals surface area contributed by atoms with Gasteiger partial charge in [0.15, 0.2) is 0 Å². The highest BCUT2D eigenvalue weighted by molar-refractivity contribution is 7.90. The minimum absolute atomic E-state index is 0.0739. The summed E-state index contributed by atoms with van der Waals surface area (Å²) in [6.45, 7) is 0.848. The smallest absolute Gasteiger partial charge is 0.147 e. The van der Waals surface area contributed by atoms with Gasteiger partial charge in [-0.3, -0.25) is 0 Å². The van der Waals surface area contributed by atoms with Crippen molar-refractivity contribution in [1.29, 1.82) is 0 Å². The van der Waals surface area contributed by atoms with Gasteiger partial charge in [-0.15, -0.1) is 0 Å². The predicted molar refractivity (Wildman–Crippen MR) is 65.1 cm³/mol. The molecule has 2 atom stereocenters. The Morgan fingerprint density at radius 1 is 1.44 bits per heavy atom. The van der Waals surface area contributed by atoms with Crippen molar-refractivity contribution in [2.24, 2.45) is 5.73 Å². The SMILES string of the molecule is CS(=O)(=O)CCCC(N)CC1CCCCO1. The largest absolute Gasteiger partial charge is 0.378 e. The van der Waals surface area contributed by atoms with Crippen LogP contribution in [0.15, 0.2) is 0 Å². The van der Waals surface area contributed by atoms with Gasteiger partial charge < -0.3 is 10.5 Å². The van der Waals surface area contributed by atoms with Gasteiger partial charge in [0.25, 0.3) is 0 Å². The maximum absolute atomic E-state index is 10.9. The fraction of sp³-hybridized carbons (Fsp3) is 1.00. The topological polar surface area (TPSA) is 69.4 Å². The summed E-state index contributed by atoms with van der Waals surface area (Å²) in [7, 11) is -2.84. The lowest BCUT2D eigenvalue weighted by atomic mass is 10.00. The van der Waals surface area contributed by atoms with E-state index >= 15 is 0 Å². The Labute approximate surface area is 98.5 Å². The molecule has 1 aliphatic rings. The van der Waals surface area contributed by atoms with Crippen LogP contribution in [0.2, 0.25) is 0 Å². The molecule has 0 radical (unpaired) electrons. The number of rotatable bonds is 6. The molecule has 5 heteroatoms. The quantitative estimate of drug-likeness (QED) is 0.765. The number of sulfone groups is 1. The molecule has 0 aromatic heterocycles. The lowest BCUT2D eigenvalue weighted by molar-refractivity contribution is 0.00701. The number of hydrogen-bond acceptors (Lipinski definition) is 4. The third-order valence-corrected chi connectivity index (χ3v) is 3.96. The predicted octanol–water partition coefficient (Wildman–Crippen LogP) is 1.10. The van der Waals surface area contributed by atoms with E-state index in [4.69, 9.17) is 10.5 Å². The van der Waals surface area contributed by atoms with E-state index in [1.807, 2.05) is 0 Å². The van der Waals surface area contributed by atoms with Crippen LogP contribution in [0.5, 0.6) is 0 Å². The Bertz CT molecular complexity index is 284. The third kappa shape index (κ3) is 6.45. The Morgan fingerprint density at radius 2 is 2.19 bits per heavy atom. The van der Waals surface area contributed by atoms with E-state index in [-0.39, 0.29) is 11.8 Å². The molecule has 16 heavy (non-hydrogen) atoms. The lowest BCUT2D eigenvalue weighted by Gasteiger charge is -2.25. The lowest BCUT2D eigenvalue weighted by Crippen LogP contribution is -2.30. The molecule has 0 saturated carbocycles. The zero-order valence-electron chi connectivity index (χ0n) is 10.0. The highest BCUT2D eigenvalue weighted by Gasteiger charge is 2.17. The molecule has 2 N–H and O–H groups in total. The van der Waals surface area contributed by atoms with Crippen molar-refractivity contribution in [1.82, 2.24) is 0 Å². The summed E-state index contributed by atoms with van der Waals surface area (Å²) in [6, 6.07) is 0.0739. The van der Waals surface area contributed by atoms with Gasteiger partial charge in [-0.1, -0.05) is 0 Å². The Morgan fingerprint density at radius 3 is 2.75 bits per heavy atom. The van der Waals surface area contributed by atoms with Gasteiger partial charge in [0.1, 0.15) is 9.84 Å². The average molecular weight is 249 g/mol. The summed E-state index contributed by atoms with van der Waals surface area (Å²) in [5, 5.41) is 0. The summed E-state index contributed by atoms with van der Waals surface area (Å²) in [5.41, 5.74) is 5.96. The molecule has 0 aliphatic carbocycles. The van der Waals surface area contributed by atoms with Crippen molar-refractivity contribution < 1.29 is 13.2 Å². The summed E-state index contributed by atoms with van der Waals surface area (Å²) >= 11 is 0. The van der Waals surface area contributed by atoms with Crippen LogP contribution in [0, 0.1) is 0 Å². The Kier molecular flexibility index (Phi) is 5.72. The van der Waals surface area contributed by atoms with Crippen LogP contribution in [0.3, 0.4) is 0 Å². The number of ether oxygens (including phenoxy) is 1. The maximum atomic E-state index is 10.9. The van der Waals surface area contributed by atoms with Gasteiger partial charge in [0.05, 0.1) is 6.10 Å². The van der Waals surface area contributed by atoms with E-state index in [0.717, 1.165) is 32.3 Å². The zero-order chi connectivity index (χ0) is 12.0. The van der Waals surface area contributed by atoms with E-state index in [2.05, 4.69) is 0 Å². The van der Waals surface area contributed by atoms with Gasteiger partial charge >= 0.3 is 0 Å². The molecule has 1 fully saturated rings. The average Bonchev–Trinajstić information content (AvgIpc) is 2.17. The molecular formula is C11H23NO3S. The summed E-state index contributed by atoms with van der Waals surface area (Å²) in [4.78, 5) is 0. The molecule has 1 saturated heterocycles. The molecule has 0 aromatic rings. The van der Waals surface area contributed by atoms with E-state index < -0.39 is 9.84 Å². The highest BCUT2D eigenvalue weighted by atomic mass is 32.2. The van der Waals surface area contributed by atoms with Gasteiger partial charge in [-0.05, 0) is 38.5 Å². The van der Waals surface area contributed by atoms with Gasteiger partial charge in [-0.2, -0.15) is 0 Å². The van der Waals surface area contributed by atoms with E-state index in [0.29, 0.717) is 12.5 Å². The van der Waals surface area contributed by atoms with Gasteiger partial charge in [-0.25, -0.2) is 8.42 Å². The van der Waals surface area contributed by atoms with Crippen molar-refractivity contribution in [3.63, 3.8) is 0 Å². The minimum atomic E-state index is -2.84. The summed E-state index contributed by atoms with van der Waals surface area (Å²) in [6.07, 6.45) is 7.33. The molecular weight excluding hydrogens is 226 g/mol. The monoisotopic (exact) mass is 249 g/mol. The molecule has 96 valence electrons. The molecule has 0 spiro atoms. The molecule has 1 aliphatic heterocycles. The molecule has 0 amide bonds. The van der Waals surface area contributed by atoms with Crippen LogP contribution in [-0.4, -0.2) is 39.2 Å². The standard InChI is InChI=1S/C11H23NO3S/c1-16(13,14)8-4-5-10(12)9-11-6-2-3-7-15-11/h10-11H,2-9,12H2,1H3. The van der Waals surface area contributed by atoms with Gasteiger partial charge in [0, 0.05) is 24.7 Å². The first kappa shape index (κ1) is 13.9. The van der Waals surface area contributed by atoms with Crippen LogP contribution in [-0.2, 0) is 14.6 Å². The highest BCUT2D eigenvalue weighted by Crippen LogP contribution is 2.17. The Balaban J connectivity index is 2.12. The van der Waals surface area contributed by atoms with Crippen molar-refractivity contribution in [3.05, 3.63) is 0 Å². The van der Waals surface area contributed by atoms with Gasteiger partial charge in [0.2, 0.25) is 0 Å². The molecule has 1 heterocycles. The zero-order valence-corrected chi connectivity index (χ0v) is 10.8. The fourth-order valence-corrected chi connectivity index (χ4v) is 2.75. The summed E-state index contributed by atoms with van der Waals surface area (Å²) in [5.74, 6) is 0.242. The van der Waals surface area contributed by atoms with Crippen LogP contribution >= 0.6 is 0 Å². The van der Waals surface area contributed by atoms with Crippen LogP contribution in [0.25, 0.3) is 0 Å². The first-order valence-electron chi connectivity index (χ1n) is 6.02. The molecule has 2 unspecified atom stereocenters. The molecule has 0 bridgehead atoms. The second-order valence-corrected chi connectivity index (χ2v) is 7.02. The molecule has 4 nitrogen and oxygen atoms in total. The number of nitrogens with two attached hydrogens (primary N) is 1. The first-order valence-corrected chi connectivity index (χ1v) is 8.08. The fourth-order valence-electron chi connectivity index (χ4n) is 2.06. The summed E-state index contributed by atoms with van der Waals surface area (Å²) < 4.78 is 27.5. The van der Waals surface area contributed by atoms with Crippen LogP contribution in [0.1, 0.15) is 38.5 Å². The van der Waals surface area contributed by atoms with E-state index in [1.54, 1.807) is 0 Å². The molecule has 0 aromatic carbocycles. The Hall–Kier alpha value is -0.130. The van der Waals surface area contributed by atoms with E-state index in [1.165, 1.54) is 12.7 Å². The maximum Gasteiger partial charge on any atom is 0.147 e. The minimum Gasteiger partial charge on any atom is -0.378 e. The first-order chi connectivity index (χ1) is 7.47. The van der Waals surface area contributed by atoms with Crippen molar-refractivity contribution in [2.75, 3.05) is 18.6 Å². The van der Waals surface area contributed by atoms with E-state index in [9.17, 15) is 8.42 Å². The molecule has 1 rings (SSSR count). The second-order valence-electron chi connectivity index (χ2n) is 4.76. The van der Waals surface area contributed by atoms with Crippen molar-refractivity contribution >= 4 is 9.84 Å². The van der Waals surface area contributed by atoms with Crippen molar-refractivity contribution in [2.45, 2.75) is 50.7 Å². The normalized spacial score (nSPS) is 24.2. The second kappa shape index (κ2) is 6.57. The van der Waals surface area contributed by atoms with Crippen LogP contribution < -0.4 is 5.73 Å². The van der Waals surface area contributed by atoms with Crippen molar-refractivity contribution in [3.8, 4) is 0 Å². The third-order valence-electron chi connectivity index (χ3n) is 2.93. The number of hydrogen-bond donors (Lipinski definition) is 1.